The van der Waals surface area contributed by atoms with Crippen LogP contribution in [0.15, 0.2) is 12.4 Å². The molecule has 1 N–H and O–H groups in total. The number of aliphatic hydroxyl groups is 1. The zero-order valence-corrected chi connectivity index (χ0v) is 9.14. The maximum Gasteiger partial charge on any atom is 0.0558 e. The molecule has 0 fully saturated rings. The fourth-order valence-electron chi connectivity index (χ4n) is 1.30. The second-order valence-corrected chi connectivity index (χ2v) is 3.88. The Kier molecular flexibility index (Phi) is 4.10. The number of likely N-dealkylation sites (N-methyl/N-ethyl adjacent to an activating group) is 1. The summed E-state index contributed by atoms with van der Waals surface area (Å²) < 4.78 is 1.95. The predicted molar refractivity (Wildman–Crippen MR) is 56.0 cm³/mol. The predicted octanol–water partition coefficient (Wildman–Crippen LogP) is 0.888. The van der Waals surface area contributed by atoms with Crippen LogP contribution in [-0.4, -0.2) is 40.0 Å². The van der Waals surface area contributed by atoms with Crippen LogP contribution in [0.4, 0.5) is 0 Å². The average molecular weight is 197 g/mol. The highest BCUT2D eigenvalue weighted by molar-refractivity contribution is 5.03. The molecule has 4 heteroatoms. The summed E-state index contributed by atoms with van der Waals surface area (Å²) in [5.74, 6) is 0. The van der Waals surface area contributed by atoms with Crippen molar-refractivity contribution in [2.45, 2.75) is 26.4 Å². The van der Waals surface area contributed by atoms with Crippen LogP contribution in [0.1, 0.15) is 25.5 Å². The van der Waals surface area contributed by atoms with E-state index in [0.29, 0.717) is 12.6 Å². The number of aromatic nitrogens is 2. The van der Waals surface area contributed by atoms with Crippen molar-refractivity contribution < 1.29 is 5.11 Å². The molecule has 14 heavy (non-hydrogen) atoms. The molecule has 1 aromatic rings. The molecule has 0 spiro atoms. The van der Waals surface area contributed by atoms with Gasteiger partial charge in [-0.1, -0.05) is 0 Å². The van der Waals surface area contributed by atoms with E-state index in [2.05, 4.69) is 30.0 Å². The zero-order valence-electron chi connectivity index (χ0n) is 9.14. The molecule has 0 aliphatic heterocycles. The summed E-state index contributed by atoms with van der Waals surface area (Å²) in [5.41, 5.74) is 1.19. The third-order valence-corrected chi connectivity index (χ3v) is 2.12. The van der Waals surface area contributed by atoms with Crippen molar-refractivity contribution in [2.24, 2.45) is 0 Å². The monoisotopic (exact) mass is 197 g/mol. The smallest absolute Gasteiger partial charge is 0.0558 e. The SMILES string of the molecule is CC(C)n1cc(CN(C)CCO)cn1. The molecule has 0 saturated carbocycles. The van der Waals surface area contributed by atoms with Gasteiger partial charge in [0, 0.05) is 30.9 Å². The molecule has 1 rings (SSSR count). The molecule has 0 aliphatic rings. The molecule has 1 heterocycles. The molecule has 1 aromatic heterocycles. The van der Waals surface area contributed by atoms with Crippen LogP contribution < -0.4 is 0 Å². The Bertz CT molecular complexity index is 270. The van der Waals surface area contributed by atoms with E-state index in [1.165, 1.54) is 5.56 Å². The maximum atomic E-state index is 8.75. The van der Waals surface area contributed by atoms with E-state index in [0.717, 1.165) is 6.54 Å². The van der Waals surface area contributed by atoms with Crippen molar-refractivity contribution in [2.75, 3.05) is 20.2 Å². The Morgan fingerprint density at radius 3 is 2.79 bits per heavy atom. The molecule has 0 unspecified atom stereocenters. The molecule has 0 saturated heterocycles. The van der Waals surface area contributed by atoms with Crippen LogP contribution in [-0.2, 0) is 6.54 Å². The van der Waals surface area contributed by atoms with Crippen molar-refractivity contribution in [3.8, 4) is 0 Å². The first-order valence-electron chi connectivity index (χ1n) is 4.96. The van der Waals surface area contributed by atoms with Gasteiger partial charge in [0.2, 0.25) is 0 Å². The van der Waals surface area contributed by atoms with Gasteiger partial charge >= 0.3 is 0 Å². The Morgan fingerprint density at radius 1 is 1.57 bits per heavy atom. The maximum absolute atomic E-state index is 8.75. The van der Waals surface area contributed by atoms with Crippen molar-refractivity contribution in [1.82, 2.24) is 14.7 Å². The van der Waals surface area contributed by atoms with Gasteiger partial charge in [0.15, 0.2) is 0 Å². The van der Waals surface area contributed by atoms with Crippen molar-refractivity contribution in [3.05, 3.63) is 18.0 Å². The molecular formula is C10H19N3O. The second kappa shape index (κ2) is 5.12. The van der Waals surface area contributed by atoms with Gasteiger partial charge in [-0.3, -0.25) is 9.58 Å². The van der Waals surface area contributed by atoms with Gasteiger partial charge in [-0.15, -0.1) is 0 Å². The third kappa shape index (κ3) is 3.12. The van der Waals surface area contributed by atoms with Gasteiger partial charge in [0.05, 0.1) is 12.8 Å². The highest BCUT2D eigenvalue weighted by Gasteiger charge is 2.04. The number of hydrogen-bond acceptors (Lipinski definition) is 3. The van der Waals surface area contributed by atoms with E-state index in [4.69, 9.17) is 5.11 Å². The van der Waals surface area contributed by atoms with Gasteiger partial charge in [-0.25, -0.2) is 0 Å². The quantitative estimate of drug-likeness (QED) is 0.762. The van der Waals surface area contributed by atoms with Crippen molar-refractivity contribution >= 4 is 0 Å². The van der Waals surface area contributed by atoms with Crippen molar-refractivity contribution in [3.63, 3.8) is 0 Å². The molecule has 4 nitrogen and oxygen atoms in total. The minimum absolute atomic E-state index is 0.203. The van der Waals surface area contributed by atoms with Crippen molar-refractivity contribution in [1.29, 1.82) is 0 Å². The van der Waals surface area contributed by atoms with Crippen LogP contribution in [0.25, 0.3) is 0 Å². The first-order chi connectivity index (χ1) is 6.63. The molecular weight excluding hydrogens is 178 g/mol. The summed E-state index contributed by atoms with van der Waals surface area (Å²) in [7, 11) is 1.99. The lowest BCUT2D eigenvalue weighted by molar-refractivity contribution is 0.217. The zero-order chi connectivity index (χ0) is 10.6. The summed E-state index contributed by atoms with van der Waals surface area (Å²) in [5, 5.41) is 13.0. The number of hydrogen-bond donors (Lipinski definition) is 1. The Balaban J connectivity index is 2.51. The van der Waals surface area contributed by atoms with E-state index in [-0.39, 0.29) is 6.61 Å². The second-order valence-electron chi connectivity index (χ2n) is 3.88. The van der Waals surface area contributed by atoms with Crippen LogP contribution in [0.3, 0.4) is 0 Å². The van der Waals surface area contributed by atoms with E-state index >= 15 is 0 Å². The minimum Gasteiger partial charge on any atom is -0.395 e. The Labute approximate surface area is 85.1 Å². The van der Waals surface area contributed by atoms with Gasteiger partial charge in [-0.2, -0.15) is 5.10 Å². The standard InChI is InChI=1S/C10H19N3O/c1-9(2)13-8-10(6-11-13)7-12(3)4-5-14/h6,8-9,14H,4-5,7H2,1-3H3. The number of rotatable bonds is 5. The van der Waals surface area contributed by atoms with E-state index < -0.39 is 0 Å². The van der Waals surface area contributed by atoms with Gasteiger partial charge in [0.1, 0.15) is 0 Å². The highest BCUT2D eigenvalue weighted by atomic mass is 16.3. The summed E-state index contributed by atoms with van der Waals surface area (Å²) in [6.45, 7) is 5.96. The van der Waals surface area contributed by atoms with Gasteiger partial charge in [-0.05, 0) is 20.9 Å². The summed E-state index contributed by atoms with van der Waals surface area (Å²) >= 11 is 0. The lowest BCUT2D eigenvalue weighted by Crippen LogP contribution is -2.21. The van der Waals surface area contributed by atoms with E-state index in [9.17, 15) is 0 Å². The molecule has 0 atom stereocenters. The molecule has 0 radical (unpaired) electrons. The fourth-order valence-corrected chi connectivity index (χ4v) is 1.30. The largest absolute Gasteiger partial charge is 0.395 e. The van der Waals surface area contributed by atoms with Crippen LogP contribution in [0.2, 0.25) is 0 Å². The summed E-state index contributed by atoms with van der Waals surface area (Å²) in [6.07, 6.45) is 3.94. The number of aliphatic hydroxyl groups excluding tert-OH is 1. The lowest BCUT2D eigenvalue weighted by Gasteiger charge is -2.13. The van der Waals surface area contributed by atoms with E-state index in [1.54, 1.807) is 0 Å². The molecule has 0 aliphatic carbocycles. The summed E-state index contributed by atoms with van der Waals surface area (Å²) in [6, 6.07) is 0.409. The Morgan fingerprint density at radius 2 is 2.29 bits per heavy atom. The van der Waals surface area contributed by atoms with Crippen LogP contribution in [0.5, 0.6) is 0 Å². The topological polar surface area (TPSA) is 41.3 Å². The van der Waals surface area contributed by atoms with Gasteiger partial charge in [0.25, 0.3) is 0 Å². The van der Waals surface area contributed by atoms with E-state index in [1.807, 2.05) is 17.9 Å². The molecule has 0 amide bonds. The minimum atomic E-state index is 0.203. The van der Waals surface area contributed by atoms with Gasteiger partial charge < -0.3 is 5.11 Å². The first-order valence-corrected chi connectivity index (χ1v) is 4.96. The molecule has 0 aromatic carbocycles. The fraction of sp³-hybridized carbons (Fsp3) is 0.700. The Hall–Kier alpha value is -0.870. The third-order valence-electron chi connectivity index (χ3n) is 2.12. The molecule has 80 valence electrons. The molecule has 0 bridgehead atoms. The van der Waals surface area contributed by atoms with Crippen LogP contribution >= 0.6 is 0 Å². The van der Waals surface area contributed by atoms with Crippen LogP contribution in [0, 0.1) is 0 Å². The first kappa shape index (κ1) is 11.2. The number of nitrogens with zero attached hydrogens (tertiary/aromatic N) is 3. The normalized spacial score (nSPS) is 11.6. The lowest BCUT2D eigenvalue weighted by atomic mass is 10.3. The average Bonchev–Trinajstić information content (AvgIpc) is 2.53. The highest BCUT2D eigenvalue weighted by Crippen LogP contribution is 2.06. The summed E-state index contributed by atoms with van der Waals surface area (Å²) in [4.78, 5) is 2.07.